The number of fused-ring (bicyclic) bond motifs is 1. The molecule has 0 unspecified atom stereocenters. The molecule has 0 fully saturated rings. The number of thioether (sulfide) groups is 1. The van der Waals surface area contributed by atoms with Gasteiger partial charge < -0.3 is 10.1 Å². The Morgan fingerprint density at radius 3 is 2.50 bits per heavy atom. The number of rotatable bonds is 5. The van der Waals surface area contributed by atoms with Crippen LogP contribution in [0.1, 0.15) is 12.7 Å². The van der Waals surface area contributed by atoms with Crippen molar-refractivity contribution in [2.45, 2.75) is 23.4 Å². The number of hydrogen-bond acceptors (Lipinski definition) is 5. The van der Waals surface area contributed by atoms with E-state index in [0.717, 1.165) is 11.8 Å². The van der Waals surface area contributed by atoms with Crippen LogP contribution in [0.5, 0.6) is 5.75 Å². The Morgan fingerprint density at radius 2 is 1.79 bits per heavy atom. The number of alkyl halides is 3. The largest absolute Gasteiger partial charge is 0.495 e. The zero-order valence-corrected chi connectivity index (χ0v) is 15.8. The van der Waals surface area contributed by atoms with Crippen LogP contribution in [-0.2, 0) is 11.0 Å². The summed E-state index contributed by atoms with van der Waals surface area (Å²) in [5, 5.41) is 2.57. The number of ether oxygens (including phenoxy) is 1. The highest BCUT2D eigenvalue weighted by molar-refractivity contribution is 8.00. The lowest BCUT2D eigenvalue weighted by Gasteiger charge is -2.15. The van der Waals surface area contributed by atoms with E-state index in [9.17, 15) is 18.0 Å². The number of para-hydroxylation sites is 3. The van der Waals surface area contributed by atoms with E-state index < -0.39 is 17.3 Å². The van der Waals surface area contributed by atoms with Crippen molar-refractivity contribution in [2.24, 2.45) is 0 Å². The summed E-state index contributed by atoms with van der Waals surface area (Å²) in [6, 6.07) is 13.3. The molecule has 3 aromatic rings. The molecule has 1 aromatic heterocycles. The minimum absolute atomic E-state index is 0.0978. The Labute approximate surface area is 163 Å². The molecule has 0 spiro atoms. The van der Waals surface area contributed by atoms with Gasteiger partial charge in [0.25, 0.3) is 0 Å². The van der Waals surface area contributed by atoms with E-state index in [2.05, 4.69) is 15.3 Å². The smallest absolute Gasteiger partial charge is 0.451 e. The Hall–Kier alpha value is -2.81. The molecule has 0 aliphatic heterocycles. The van der Waals surface area contributed by atoms with Gasteiger partial charge in [-0.05, 0) is 25.1 Å². The van der Waals surface area contributed by atoms with Crippen molar-refractivity contribution in [2.75, 3.05) is 12.4 Å². The molecule has 0 aliphatic rings. The van der Waals surface area contributed by atoms with Crippen molar-refractivity contribution < 1.29 is 22.7 Å². The molecule has 3 rings (SSSR count). The lowest BCUT2D eigenvalue weighted by Crippen LogP contribution is -2.23. The van der Waals surface area contributed by atoms with Crippen molar-refractivity contribution in [1.82, 2.24) is 9.97 Å². The van der Waals surface area contributed by atoms with Crippen molar-refractivity contribution in [3.8, 4) is 5.75 Å². The summed E-state index contributed by atoms with van der Waals surface area (Å²) in [4.78, 5) is 19.8. The number of methoxy groups -OCH3 is 1. The number of halogens is 3. The molecule has 0 radical (unpaired) electrons. The number of aromatic nitrogens is 2. The number of hydrogen-bond donors (Lipinski definition) is 1. The van der Waals surface area contributed by atoms with Gasteiger partial charge in [-0.3, -0.25) is 4.79 Å². The topological polar surface area (TPSA) is 64.1 Å². The van der Waals surface area contributed by atoms with Crippen LogP contribution in [0.3, 0.4) is 0 Å². The molecule has 1 atom stereocenters. The van der Waals surface area contributed by atoms with Crippen molar-refractivity contribution in [3.63, 3.8) is 0 Å². The molecule has 1 amide bonds. The second kappa shape index (κ2) is 8.05. The van der Waals surface area contributed by atoms with Crippen molar-refractivity contribution >= 4 is 34.3 Å². The van der Waals surface area contributed by atoms with Crippen LogP contribution in [-0.4, -0.2) is 28.2 Å². The van der Waals surface area contributed by atoms with Gasteiger partial charge in [0.1, 0.15) is 10.8 Å². The summed E-state index contributed by atoms with van der Waals surface area (Å²) in [6.45, 7) is 1.60. The van der Waals surface area contributed by atoms with E-state index in [1.165, 1.54) is 13.2 Å². The molecule has 1 heterocycles. The van der Waals surface area contributed by atoms with E-state index in [1.807, 2.05) is 0 Å². The van der Waals surface area contributed by atoms with Crippen LogP contribution in [0, 0.1) is 0 Å². The monoisotopic (exact) mass is 407 g/mol. The fourth-order valence-electron chi connectivity index (χ4n) is 2.47. The molecular weight excluding hydrogens is 391 g/mol. The summed E-state index contributed by atoms with van der Waals surface area (Å²) in [5.41, 5.74) is 0.649. The molecule has 0 aliphatic carbocycles. The van der Waals surface area contributed by atoms with Crippen LogP contribution >= 0.6 is 11.8 Å². The summed E-state index contributed by atoms with van der Waals surface area (Å²) in [6.07, 6.45) is -4.68. The zero-order valence-electron chi connectivity index (χ0n) is 14.9. The van der Waals surface area contributed by atoms with Crippen LogP contribution in [0.2, 0.25) is 0 Å². The van der Waals surface area contributed by atoms with Gasteiger partial charge in [0, 0.05) is 5.39 Å². The van der Waals surface area contributed by atoms with Gasteiger partial charge in [0.15, 0.2) is 0 Å². The summed E-state index contributed by atoms with van der Waals surface area (Å²) >= 11 is 0.940. The Kier molecular flexibility index (Phi) is 5.73. The maximum atomic E-state index is 13.1. The number of amides is 1. The van der Waals surface area contributed by atoms with E-state index in [0.29, 0.717) is 16.8 Å². The Morgan fingerprint density at radius 1 is 1.11 bits per heavy atom. The maximum Gasteiger partial charge on any atom is 0.451 e. The molecule has 9 heteroatoms. The first-order chi connectivity index (χ1) is 13.3. The highest BCUT2D eigenvalue weighted by atomic mass is 32.2. The summed E-state index contributed by atoms with van der Waals surface area (Å²) < 4.78 is 44.6. The predicted octanol–water partition coefficient (Wildman–Crippen LogP) is 4.78. The van der Waals surface area contributed by atoms with E-state index >= 15 is 0 Å². The molecule has 146 valence electrons. The molecule has 0 saturated heterocycles. The van der Waals surface area contributed by atoms with Crippen LogP contribution in [0.25, 0.3) is 10.9 Å². The number of benzene rings is 2. The van der Waals surface area contributed by atoms with Crippen LogP contribution < -0.4 is 10.1 Å². The van der Waals surface area contributed by atoms with Crippen molar-refractivity contribution in [3.05, 3.63) is 54.4 Å². The average molecular weight is 407 g/mol. The van der Waals surface area contributed by atoms with Gasteiger partial charge in [0.05, 0.1) is 23.6 Å². The van der Waals surface area contributed by atoms with Gasteiger partial charge >= 0.3 is 6.18 Å². The zero-order chi connectivity index (χ0) is 20.3. The maximum absolute atomic E-state index is 13.1. The lowest BCUT2D eigenvalue weighted by atomic mass is 10.2. The third-order valence-corrected chi connectivity index (χ3v) is 4.95. The van der Waals surface area contributed by atoms with Crippen LogP contribution in [0.15, 0.2) is 53.6 Å². The number of nitrogens with zero attached hydrogens (tertiary/aromatic N) is 2. The molecule has 0 saturated carbocycles. The minimum Gasteiger partial charge on any atom is -0.495 e. The van der Waals surface area contributed by atoms with Crippen LogP contribution in [0.4, 0.5) is 18.9 Å². The predicted molar refractivity (Wildman–Crippen MR) is 101 cm³/mol. The van der Waals surface area contributed by atoms with Gasteiger partial charge in [0.2, 0.25) is 11.7 Å². The Bertz CT molecular complexity index is 1010. The SMILES string of the molecule is COc1ccccc1NC(=O)[C@H](C)Sc1nc(C(F)(F)F)nc2ccccc12. The van der Waals surface area contributed by atoms with E-state index in [-0.39, 0.29) is 16.4 Å². The Balaban J connectivity index is 1.88. The fourth-order valence-corrected chi connectivity index (χ4v) is 3.41. The van der Waals surface area contributed by atoms with E-state index in [4.69, 9.17) is 4.74 Å². The minimum atomic E-state index is -4.68. The number of carbonyl (C=O) groups excluding carboxylic acids is 1. The molecular formula is C19H16F3N3O2S. The quantitative estimate of drug-likeness (QED) is 0.487. The highest BCUT2D eigenvalue weighted by Crippen LogP contribution is 2.34. The fraction of sp³-hybridized carbons (Fsp3) is 0.211. The third-order valence-electron chi connectivity index (χ3n) is 3.84. The molecule has 2 aromatic carbocycles. The highest BCUT2D eigenvalue weighted by Gasteiger charge is 2.36. The summed E-state index contributed by atoms with van der Waals surface area (Å²) in [7, 11) is 1.48. The van der Waals surface area contributed by atoms with Crippen molar-refractivity contribution in [1.29, 1.82) is 0 Å². The first-order valence-electron chi connectivity index (χ1n) is 8.24. The van der Waals surface area contributed by atoms with Gasteiger partial charge in [-0.15, -0.1) is 0 Å². The number of anilines is 1. The number of nitrogens with one attached hydrogen (secondary N) is 1. The second-order valence-electron chi connectivity index (χ2n) is 5.82. The van der Waals surface area contributed by atoms with Gasteiger partial charge in [-0.2, -0.15) is 13.2 Å². The standard InChI is InChI=1S/C19H16F3N3O2S/c1-11(16(26)23-14-9-5-6-10-15(14)27-2)28-17-12-7-3-4-8-13(12)24-18(25-17)19(20,21)22/h3-11H,1-2H3,(H,23,26)/t11-/m0/s1. The average Bonchev–Trinajstić information content (AvgIpc) is 2.67. The molecule has 28 heavy (non-hydrogen) atoms. The first kappa shape index (κ1) is 19.9. The third kappa shape index (κ3) is 4.36. The second-order valence-corrected chi connectivity index (χ2v) is 7.15. The summed E-state index contributed by atoms with van der Waals surface area (Å²) in [5.74, 6) is -1.13. The van der Waals surface area contributed by atoms with E-state index in [1.54, 1.807) is 49.4 Å². The molecule has 1 N–H and O–H groups in total. The van der Waals surface area contributed by atoms with Gasteiger partial charge in [-0.1, -0.05) is 42.1 Å². The molecule has 0 bridgehead atoms. The lowest BCUT2D eigenvalue weighted by molar-refractivity contribution is -0.145. The van der Waals surface area contributed by atoms with Gasteiger partial charge in [-0.25, -0.2) is 9.97 Å². The molecule has 5 nitrogen and oxygen atoms in total. The first-order valence-corrected chi connectivity index (χ1v) is 9.12. The number of carbonyl (C=O) groups is 1. The normalized spacial score (nSPS) is 12.6.